The summed E-state index contributed by atoms with van der Waals surface area (Å²) in [5, 5.41) is 14.3. The third kappa shape index (κ3) is 3.99. The molecule has 27 heavy (non-hydrogen) atoms. The minimum Gasteiger partial charge on any atom is -0.361 e. The van der Waals surface area contributed by atoms with Gasteiger partial charge in [0.05, 0.1) is 31.0 Å². The van der Waals surface area contributed by atoms with Crippen LogP contribution >= 0.6 is 0 Å². The number of carbonyl (C=O) groups excluding carboxylic acids is 2. The lowest BCUT2D eigenvalue weighted by atomic mass is 10.1. The van der Waals surface area contributed by atoms with Crippen molar-refractivity contribution >= 4 is 11.8 Å². The second-order valence-electron chi connectivity index (χ2n) is 7.10. The zero-order valence-electron chi connectivity index (χ0n) is 15.8. The molecule has 0 saturated carbocycles. The molecule has 0 aliphatic carbocycles. The number of rotatable bonds is 5. The van der Waals surface area contributed by atoms with Gasteiger partial charge in [0.2, 0.25) is 0 Å². The molecule has 3 rings (SSSR count). The summed E-state index contributed by atoms with van der Waals surface area (Å²) in [7, 11) is 0. The molecule has 1 N–H and O–H groups in total. The Morgan fingerprint density at radius 3 is 2.78 bits per heavy atom. The van der Waals surface area contributed by atoms with E-state index in [2.05, 4.69) is 20.8 Å². The van der Waals surface area contributed by atoms with Crippen LogP contribution in [-0.2, 0) is 6.54 Å². The Labute approximate surface area is 155 Å². The molecule has 0 bridgehead atoms. The van der Waals surface area contributed by atoms with Gasteiger partial charge in [-0.25, -0.2) is 9.07 Å². The molecule has 1 fully saturated rings. The Balaban J connectivity index is 1.75. The van der Waals surface area contributed by atoms with E-state index in [9.17, 15) is 14.0 Å². The monoisotopic (exact) mass is 378 g/mol. The van der Waals surface area contributed by atoms with Gasteiger partial charge in [0.15, 0.2) is 5.69 Å². The fraction of sp³-hybridized carbons (Fsp3) is 0.588. The van der Waals surface area contributed by atoms with E-state index in [4.69, 9.17) is 4.52 Å². The molecular weight excluding hydrogens is 355 g/mol. The molecule has 2 unspecified atom stereocenters. The minimum absolute atomic E-state index is 0.00293. The van der Waals surface area contributed by atoms with E-state index in [0.717, 1.165) is 0 Å². The third-order valence-corrected chi connectivity index (χ3v) is 4.46. The Hall–Kier alpha value is -2.78. The second-order valence-corrected chi connectivity index (χ2v) is 7.10. The average molecular weight is 378 g/mol. The number of amides is 2. The molecule has 0 radical (unpaired) electrons. The molecule has 2 aromatic rings. The highest BCUT2D eigenvalue weighted by Gasteiger charge is 2.38. The molecule has 2 atom stereocenters. The molecule has 3 heterocycles. The van der Waals surface area contributed by atoms with Gasteiger partial charge in [-0.05, 0) is 27.7 Å². The second kappa shape index (κ2) is 7.45. The zero-order valence-corrected chi connectivity index (χ0v) is 15.8. The van der Waals surface area contributed by atoms with Gasteiger partial charge in [-0.15, -0.1) is 5.10 Å². The number of carbonyl (C=O) groups is 2. The Kier molecular flexibility index (Phi) is 5.24. The molecule has 1 saturated heterocycles. The highest BCUT2D eigenvalue weighted by Crippen LogP contribution is 2.26. The van der Waals surface area contributed by atoms with Crippen LogP contribution in [0.4, 0.5) is 4.39 Å². The molecule has 2 amide bonds. The molecule has 10 heteroatoms. The average Bonchev–Trinajstić information content (AvgIpc) is 3.27. The van der Waals surface area contributed by atoms with Gasteiger partial charge in [0, 0.05) is 12.5 Å². The summed E-state index contributed by atoms with van der Waals surface area (Å²) in [6, 6.07) is -0.420. The quantitative estimate of drug-likeness (QED) is 0.840. The molecule has 1 aliphatic heterocycles. The SMILES string of the molecule is Cc1noc(C)c1C(=O)N1CC(F)CC1Cn1cc(C(=O)NC(C)C)nn1. The largest absolute Gasteiger partial charge is 0.361 e. The molecule has 2 aromatic heterocycles. The maximum absolute atomic E-state index is 14.1. The fourth-order valence-electron chi connectivity index (χ4n) is 3.26. The lowest BCUT2D eigenvalue weighted by molar-refractivity contribution is 0.0711. The Morgan fingerprint density at radius 1 is 1.41 bits per heavy atom. The van der Waals surface area contributed by atoms with Gasteiger partial charge in [-0.3, -0.25) is 9.59 Å². The first-order valence-electron chi connectivity index (χ1n) is 8.85. The Bertz CT molecular complexity index is 826. The highest BCUT2D eigenvalue weighted by atomic mass is 19.1. The van der Waals surface area contributed by atoms with Crippen molar-refractivity contribution in [3.05, 3.63) is 28.9 Å². The van der Waals surface area contributed by atoms with Crippen LogP contribution < -0.4 is 5.32 Å². The third-order valence-electron chi connectivity index (χ3n) is 4.46. The van der Waals surface area contributed by atoms with Crippen molar-refractivity contribution in [2.45, 2.75) is 58.9 Å². The fourth-order valence-corrected chi connectivity index (χ4v) is 3.26. The number of likely N-dealkylation sites (tertiary alicyclic amines) is 1. The number of alkyl halides is 1. The van der Waals surface area contributed by atoms with Crippen LogP contribution in [0.15, 0.2) is 10.7 Å². The van der Waals surface area contributed by atoms with Gasteiger partial charge >= 0.3 is 0 Å². The van der Waals surface area contributed by atoms with Crippen molar-refractivity contribution in [2.24, 2.45) is 0 Å². The standard InChI is InChI=1S/C17H23FN6O3/c1-9(2)19-16(25)14-8-23(22-20-14)7-13-5-12(18)6-24(13)17(26)15-10(3)21-27-11(15)4/h8-9,12-13H,5-7H2,1-4H3,(H,19,25). The van der Waals surface area contributed by atoms with Crippen LogP contribution in [0.25, 0.3) is 0 Å². The minimum atomic E-state index is -1.12. The van der Waals surface area contributed by atoms with Crippen molar-refractivity contribution in [1.29, 1.82) is 0 Å². The lowest BCUT2D eigenvalue weighted by Crippen LogP contribution is -2.38. The summed E-state index contributed by atoms with van der Waals surface area (Å²) in [5.41, 5.74) is 1.03. The molecule has 0 spiro atoms. The number of hydrogen-bond acceptors (Lipinski definition) is 6. The van der Waals surface area contributed by atoms with Crippen LogP contribution in [-0.4, -0.2) is 61.7 Å². The van der Waals surface area contributed by atoms with Crippen molar-refractivity contribution in [1.82, 2.24) is 30.4 Å². The molecular formula is C17H23FN6O3. The summed E-state index contributed by atoms with van der Waals surface area (Å²) in [4.78, 5) is 26.4. The number of aryl methyl sites for hydroxylation is 2. The maximum atomic E-state index is 14.1. The maximum Gasteiger partial charge on any atom is 0.273 e. The zero-order chi connectivity index (χ0) is 19.7. The molecule has 1 aliphatic rings. The van der Waals surface area contributed by atoms with Gasteiger partial charge in [-0.2, -0.15) is 0 Å². The molecule has 9 nitrogen and oxygen atoms in total. The predicted molar refractivity (Wildman–Crippen MR) is 92.9 cm³/mol. The van der Waals surface area contributed by atoms with E-state index < -0.39 is 12.2 Å². The van der Waals surface area contributed by atoms with Crippen LogP contribution in [0, 0.1) is 13.8 Å². The van der Waals surface area contributed by atoms with Gasteiger partial charge < -0.3 is 14.7 Å². The highest BCUT2D eigenvalue weighted by molar-refractivity contribution is 5.96. The first-order valence-corrected chi connectivity index (χ1v) is 8.85. The van der Waals surface area contributed by atoms with E-state index in [-0.39, 0.29) is 43.1 Å². The number of nitrogens with zero attached hydrogens (tertiary/aromatic N) is 5. The summed E-state index contributed by atoms with van der Waals surface area (Å²) in [5.74, 6) is -0.226. The van der Waals surface area contributed by atoms with Gasteiger partial charge in [-0.1, -0.05) is 10.4 Å². The summed E-state index contributed by atoms with van der Waals surface area (Å²) >= 11 is 0. The molecule has 146 valence electrons. The summed E-state index contributed by atoms with van der Waals surface area (Å²) in [6.45, 7) is 7.28. The van der Waals surface area contributed by atoms with Crippen LogP contribution in [0.2, 0.25) is 0 Å². The molecule has 0 aromatic carbocycles. The van der Waals surface area contributed by atoms with Crippen molar-refractivity contribution in [2.75, 3.05) is 6.54 Å². The van der Waals surface area contributed by atoms with Crippen molar-refractivity contribution < 1.29 is 18.5 Å². The summed E-state index contributed by atoms with van der Waals surface area (Å²) in [6.07, 6.45) is 0.580. The first-order chi connectivity index (χ1) is 12.8. The van der Waals surface area contributed by atoms with Crippen molar-refractivity contribution in [3.63, 3.8) is 0 Å². The number of aromatic nitrogens is 4. The van der Waals surface area contributed by atoms with Crippen LogP contribution in [0.3, 0.4) is 0 Å². The van der Waals surface area contributed by atoms with Crippen molar-refractivity contribution in [3.8, 4) is 0 Å². The van der Waals surface area contributed by atoms with E-state index in [0.29, 0.717) is 17.0 Å². The van der Waals surface area contributed by atoms with Gasteiger partial charge in [0.25, 0.3) is 11.8 Å². The van der Waals surface area contributed by atoms with Crippen LogP contribution in [0.5, 0.6) is 0 Å². The van der Waals surface area contributed by atoms with E-state index >= 15 is 0 Å². The van der Waals surface area contributed by atoms with E-state index in [1.165, 1.54) is 15.8 Å². The number of halogens is 1. The van der Waals surface area contributed by atoms with E-state index in [1.54, 1.807) is 13.8 Å². The van der Waals surface area contributed by atoms with Crippen LogP contribution in [0.1, 0.15) is 52.6 Å². The Morgan fingerprint density at radius 2 is 2.15 bits per heavy atom. The first kappa shape index (κ1) is 19.0. The smallest absolute Gasteiger partial charge is 0.273 e. The normalized spacial score (nSPS) is 19.7. The number of hydrogen-bond donors (Lipinski definition) is 1. The number of nitrogens with one attached hydrogen (secondary N) is 1. The summed E-state index contributed by atoms with van der Waals surface area (Å²) < 4.78 is 20.6. The topological polar surface area (TPSA) is 106 Å². The predicted octanol–water partition coefficient (Wildman–Crippen LogP) is 1.27. The van der Waals surface area contributed by atoms with Gasteiger partial charge in [0.1, 0.15) is 17.5 Å². The lowest BCUT2D eigenvalue weighted by Gasteiger charge is -2.24. The van der Waals surface area contributed by atoms with E-state index in [1.807, 2.05) is 13.8 Å².